The Hall–Kier alpha value is -0.830. The van der Waals surface area contributed by atoms with Crippen LogP contribution < -0.4 is 0 Å². The number of carbonyl (C=O) groups excluding carboxylic acids is 1. The van der Waals surface area contributed by atoms with Crippen LogP contribution in [0.4, 0.5) is 0 Å². The number of carbonyl (C=O) groups is 1. The second kappa shape index (κ2) is 2.84. The normalized spacial score (nSPS) is 32.8. The Bertz CT molecular complexity index is 270. The highest BCUT2D eigenvalue weighted by Crippen LogP contribution is 2.41. The van der Waals surface area contributed by atoms with Crippen molar-refractivity contribution in [2.24, 2.45) is 0 Å². The molecule has 1 heterocycles. The number of likely N-dealkylation sites (N-methyl/N-ethyl adjacent to an activating group) is 1. The Kier molecular flexibility index (Phi) is 1.91. The van der Waals surface area contributed by atoms with E-state index in [1.807, 2.05) is 19.0 Å². The molecule has 1 saturated carbocycles. The molecule has 1 atom stereocenters. The SMILES string of the molecule is CN(C)[C@@]12CCCCC1=CC(=O)O2. The van der Waals surface area contributed by atoms with Crippen molar-refractivity contribution in [2.75, 3.05) is 14.1 Å². The van der Waals surface area contributed by atoms with Crippen LogP contribution in [-0.4, -0.2) is 30.7 Å². The van der Waals surface area contributed by atoms with Gasteiger partial charge in [0, 0.05) is 12.5 Å². The molecular weight excluding hydrogens is 166 g/mol. The van der Waals surface area contributed by atoms with Gasteiger partial charge in [-0.25, -0.2) is 4.79 Å². The molecule has 1 fully saturated rings. The molecule has 0 unspecified atom stereocenters. The standard InChI is InChI=1S/C10H15NO2/c1-11(2)10-6-4-3-5-8(10)7-9(12)13-10/h7H,3-6H2,1-2H3/t10-/m1/s1. The van der Waals surface area contributed by atoms with Gasteiger partial charge < -0.3 is 4.74 Å². The molecule has 72 valence electrons. The summed E-state index contributed by atoms with van der Waals surface area (Å²) in [5.74, 6) is -0.175. The maximum atomic E-state index is 11.2. The maximum Gasteiger partial charge on any atom is 0.332 e. The number of fused-ring (bicyclic) bond motifs is 1. The molecule has 0 spiro atoms. The van der Waals surface area contributed by atoms with Crippen molar-refractivity contribution >= 4 is 5.97 Å². The second-order valence-corrected chi connectivity index (χ2v) is 3.98. The molecule has 3 nitrogen and oxygen atoms in total. The van der Waals surface area contributed by atoms with Crippen LogP contribution in [0.15, 0.2) is 11.6 Å². The van der Waals surface area contributed by atoms with Crippen LogP contribution in [0.2, 0.25) is 0 Å². The van der Waals surface area contributed by atoms with Crippen LogP contribution >= 0.6 is 0 Å². The quantitative estimate of drug-likeness (QED) is 0.571. The predicted molar refractivity (Wildman–Crippen MR) is 49.1 cm³/mol. The van der Waals surface area contributed by atoms with Crippen LogP contribution in [0.1, 0.15) is 25.7 Å². The summed E-state index contributed by atoms with van der Waals surface area (Å²) < 4.78 is 5.41. The molecule has 0 aromatic rings. The first-order chi connectivity index (χ1) is 6.15. The first-order valence-electron chi connectivity index (χ1n) is 4.76. The molecular formula is C10H15NO2. The van der Waals surface area contributed by atoms with Gasteiger partial charge in [-0.1, -0.05) is 0 Å². The van der Waals surface area contributed by atoms with Crippen molar-refractivity contribution in [3.05, 3.63) is 11.6 Å². The zero-order valence-electron chi connectivity index (χ0n) is 8.17. The first kappa shape index (κ1) is 8.75. The van der Waals surface area contributed by atoms with E-state index in [2.05, 4.69) is 0 Å². The van der Waals surface area contributed by atoms with E-state index in [-0.39, 0.29) is 5.97 Å². The lowest BCUT2D eigenvalue weighted by molar-refractivity contribution is -0.162. The molecule has 0 aromatic heterocycles. The Labute approximate surface area is 78.4 Å². The van der Waals surface area contributed by atoms with Crippen molar-refractivity contribution in [2.45, 2.75) is 31.4 Å². The number of esters is 1. The molecule has 0 amide bonds. The summed E-state index contributed by atoms with van der Waals surface area (Å²) in [7, 11) is 3.94. The fourth-order valence-corrected chi connectivity index (χ4v) is 2.28. The lowest BCUT2D eigenvalue weighted by atomic mass is 9.86. The predicted octanol–water partition coefficient (Wildman–Crippen LogP) is 1.30. The topological polar surface area (TPSA) is 29.5 Å². The average Bonchev–Trinajstić information content (AvgIpc) is 2.41. The number of nitrogens with zero attached hydrogens (tertiary/aromatic N) is 1. The van der Waals surface area contributed by atoms with Crippen LogP contribution in [-0.2, 0) is 9.53 Å². The Morgan fingerprint density at radius 3 is 2.85 bits per heavy atom. The van der Waals surface area contributed by atoms with Gasteiger partial charge in [-0.15, -0.1) is 0 Å². The van der Waals surface area contributed by atoms with Crippen molar-refractivity contribution in [1.82, 2.24) is 4.90 Å². The molecule has 2 rings (SSSR count). The number of ether oxygens (including phenoxy) is 1. The van der Waals surface area contributed by atoms with E-state index >= 15 is 0 Å². The van der Waals surface area contributed by atoms with Gasteiger partial charge in [0.15, 0.2) is 5.72 Å². The Morgan fingerprint density at radius 2 is 2.23 bits per heavy atom. The van der Waals surface area contributed by atoms with Gasteiger partial charge in [0.1, 0.15) is 0 Å². The average molecular weight is 181 g/mol. The summed E-state index contributed by atoms with van der Waals surface area (Å²) in [5.41, 5.74) is 0.767. The van der Waals surface area contributed by atoms with Crippen LogP contribution in [0.3, 0.4) is 0 Å². The highest BCUT2D eigenvalue weighted by molar-refractivity contribution is 5.86. The van der Waals surface area contributed by atoms with E-state index in [1.54, 1.807) is 6.08 Å². The zero-order valence-corrected chi connectivity index (χ0v) is 8.17. The highest BCUT2D eigenvalue weighted by atomic mass is 16.6. The minimum Gasteiger partial charge on any atom is -0.437 e. The fraction of sp³-hybridized carbons (Fsp3) is 0.700. The van der Waals surface area contributed by atoms with E-state index in [0.29, 0.717) is 0 Å². The van der Waals surface area contributed by atoms with Gasteiger partial charge >= 0.3 is 5.97 Å². The minimum atomic E-state index is -0.394. The largest absolute Gasteiger partial charge is 0.437 e. The second-order valence-electron chi connectivity index (χ2n) is 3.98. The van der Waals surface area contributed by atoms with Crippen molar-refractivity contribution < 1.29 is 9.53 Å². The lowest BCUT2D eigenvalue weighted by Crippen LogP contribution is -2.47. The van der Waals surface area contributed by atoms with Crippen LogP contribution in [0.25, 0.3) is 0 Å². The molecule has 1 aliphatic carbocycles. The molecule has 1 aliphatic heterocycles. The number of rotatable bonds is 1. The number of hydrogen-bond acceptors (Lipinski definition) is 3. The van der Waals surface area contributed by atoms with Crippen molar-refractivity contribution in [1.29, 1.82) is 0 Å². The molecule has 0 saturated heterocycles. The molecule has 3 heteroatoms. The minimum absolute atomic E-state index is 0.175. The summed E-state index contributed by atoms with van der Waals surface area (Å²) in [4.78, 5) is 13.2. The van der Waals surface area contributed by atoms with Gasteiger partial charge in [0.05, 0.1) is 0 Å². The highest BCUT2D eigenvalue weighted by Gasteiger charge is 2.46. The van der Waals surface area contributed by atoms with Gasteiger partial charge in [0.25, 0.3) is 0 Å². The Balaban J connectivity index is 2.33. The molecule has 2 aliphatic rings. The molecule has 0 radical (unpaired) electrons. The summed E-state index contributed by atoms with van der Waals surface area (Å²) in [6.45, 7) is 0. The summed E-state index contributed by atoms with van der Waals surface area (Å²) >= 11 is 0. The third-order valence-corrected chi connectivity index (χ3v) is 3.00. The van der Waals surface area contributed by atoms with E-state index < -0.39 is 5.72 Å². The van der Waals surface area contributed by atoms with Gasteiger partial charge in [-0.2, -0.15) is 0 Å². The molecule has 13 heavy (non-hydrogen) atoms. The van der Waals surface area contributed by atoms with Crippen LogP contribution in [0, 0.1) is 0 Å². The molecule has 0 aromatic carbocycles. The summed E-state index contributed by atoms with van der Waals surface area (Å²) in [5, 5.41) is 0. The zero-order chi connectivity index (χ0) is 9.47. The van der Waals surface area contributed by atoms with E-state index in [4.69, 9.17) is 4.74 Å². The smallest absolute Gasteiger partial charge is 0.332 e. The van der Waals surface area contributed by atoms with Crippen LogP contribution in [0.5, 0.6) is 0 Å². The van der Waals surface area contributed by atoms with E-state index in [0.717, 1.165) is 24.8 Å². The number of hydrogen-bond donors (Lipinski definition) is 0. The molecule has 0 N–H and O–H groups in total. The summed E-state index contributed by atoms with van der Waals surface area (Å²) in [6.07, 6.45) is 5.93. The van der Waals surface area contributed by atoms with E-state index in [1.165, 1.54) is 6.42 Å². The summed E-state index contributed by atoms with van der Waals surface area (Å²) in [6, 6.07) is 0. The van der Waals surface area contributed by atoms with Gasteiger partial charge in [0.2, 0.25) is 0 Å². The molecule has 0 bridgehead atoms. The van der Waals surface area contributed by atoms with Gasteiger partial charge in [-0.05, 0) is 38.9 Å². The van der Waals surface area contributed by atoms with Gasteiger partial charge in [-0.3, -0.25) is 4.90 Å². The van der Waals surface area contributed by atoms with E-state index in [9.17, 15) is 4.79 Å². The fourth-order valence-electron chi connectivity index (χ4n) is 2.28. The maximum absolute atomic E-state index is 11.2. The monoisotopic (exact) mass is 181 g/mol. The van der Waals surface area contributed by atoms with Crippen molar-refractivity contribution in [3.8, 4) is 0 Å². The third-order valence-electron chi connectivity index (χ3n) is 3.00. The lowest BCUT2D eigenvalue weighted by Gasteiger charge is -2.39. The Morgan fingerprint density at radius 1 is 1.46 bits per heavy atom. The third kappa shape index (κ3) is 1.18. The first-order valence-corrected chi connectivity index (χ1v) is 4.76. The van der Waals surface area contributed by atoms with Crippen molar-refractivity contribution in [3.63, 3.8) is 0 Å².